The van der Waals surface area contributed by atoms with Crippen molar-refractivity contribution >= 4 is 34.3 Å². The zero-order chi connectivity index (χ0) is 7.98. The third-order valence-corrected chi connectivity index (χ3v) is 5.57. The van der Waals surface area contributed by atoms with Gasteiger partial charge in [0.05, 0.1) is 0 Å². The zero-order valence-electron chi connectivity index (χ0n) is 6.84. The molecule has 2 unspecified atom stereocenters. The normalized spacial score (nSPS) is 16.8. The maximum atomic E-state index is 5.62. The van der Waals surface area contributed by atoms with Crippen molar-refractivity contribution in [3.63, 3.8) is 0 Å². The molecule has 0 heterocycles. The Balaban J connectivity index is 3.03. The van der Waals surface area contributed by atoms with Gasteiger partial charge < -0.3 is 0 Å². The van der Waals surface area contributed by atoms with Gasteiger partial charge >= 0.3 is 81.8 Å². The Morgan fingerprint density at radius 3 is 2.50 bits per heavy atom. The molecule has 2 N–H and O–H groups in total. The predicted molar refractivity (Wildman–Crippen MR) is 52.0 cm³/mol. The number of thioether (sulfide) groups is 1. The van der Waals surface area contributed by atoms with Crippen molar-refractivity contribution in [1.29, 1.82) is 0 Å². The zero-order valence-corrected chi connectivity index (χ0v) is 11.0. The van der Waals surface area contributed by atoms with Gasteiger partial charge in [0.2, 0.25) is 0 Å². The van der Waals surface area contributed by atoms with Crippen molar-refractivity contribution in [2.75, 3.05) is 6.26 Å². The number of hydrogen-bond acceptors (Lipinski definition) is 2. The van der Waals surface area contributed by atoms with E-state index >= 15 is 0 Å². The summed E-state index contributed by atoms with van der Waals surface area (Å²) in [5.74, 6) is 0. The molecule has 0 aromatic rings. The van der Waals surface area contributed by atoms with Gasteiger partial charge in [-0.05, 0) is 0 Å². The molecule has 0 aliphatic rings. The van der Waals surface area contributed by atoms with Crippen LogP contribution in [0.25, 0.3) is 0 Å². The van der Waals surface area contributed by atoms with Crippen LogP contribution < -0.4 is 5.73 Å². The van der Waals surface area contributed by atoms with Crippen LogP contribution in [0, 0.1) is 0 Å². The third kappa shape index (κ3) is 7.22. The molecule has 0 saturated carbocycles. The molecule has 3 heteroatoms. The Labute approximate surface area is 81.6 Å². The van der Waals surface area contributed by atoms with Crippen molar-refractivity contribution in [3.8, 4) is 0 Å². The quantitative estimate of drug-likeness (QED) is 0.754. The molecule has 0 fully saturated rings. The van der Waals surface area contributed by atoms with Crippen molar-refractivity contribution in [3.05, 3.63) is 0 Å². The topological polar surface area (TPSA) is 26.0 Å². The van der Waals surface area contributed by atoms with Crippen LogP contribution in [-0.4, -0.2) is 38.1 Å². The van der Waals surface area contributed by atoms with Crippen molar-refractivity contribution in [2.45, 2.75) is 35.5 Å². The van der Waals surface area contributed by atoms with E-state index in [1.807, 2.05) is 11.8 Å². The summed E-state index contributed by atoms with van der Waals surface area (Å²) in [7, 11) is 0. The summed E-state index contributed by atoms with van der Waals surface area (Å²) in [6, 6.07) is 0.398. The molecule has 60 valence electrons. The Morgan fingerprint density at radius 2 is 2.10 bits per heavy atom. The molecule has 0 aromatic carbocycles. The maximum absolute atomic E-state index is 5.62. The average Bonchev–Trinajstić information content (AvgIpc) is 1.87. The first-order chi connectivity index (χ1) is 4.66. The van der Waals surface area contributed by atoms with Crippen LogP contribution >= 0.6 is 11.8 Å². The standard InChI is InChI=1S/C7H16NS.Sn.H/c1-7(8)5-3-4-6-9-2;;/h6-7H,3-5,8H2,1-2H3;;. The van der Waals surface area contributed by atoms with E-state index < -0.39 is 0 Å². The molecule has 10 heavy (non-hydrogen) atoms. The summed E-state index contributed by atoms with van der Waals surface area (Å²) in [5.41, 5.74) is 5.62. The van der Waals surface area contributed by atoms with E-state index in [0.29, 0.717) is 6.04 Å². The van der Waals surface area contributed by atoms with Crippen molar-refractivity contribution in [1.82, 2.24) is 0 Å². The van der Waals surface area contributed by atoms with Crippen LogP contribution in [0.3, 0.4) is 0 Å². The summed E-state index contributed by atoms with van der Waals surface area (Å²) in [6.45, 7) is 2.08. The molecule has 0 bridgehead atoms. The van der Waals surface area contributed by atoms with Gasteiger partial charge in [-0.1, -0.05) is 0 Å². The van der Waals surface area contributed by atoms with E-state index in [-0.39, 0.29) is 0 Å². The molecule has 0 aliphatic carbocycles. The molecular formula is C7H17NSSn. The fraction of sp³-hybridized carbons (Fsp3) is 1.00. The second-order valence-electron chi connectivity index (χ2n) is 2.68. The van der Waals surface area contributed by atoms with Crippen LogP contribution in [0.15, 0.2) is 0 Å². The van der Waals surface area contributed by atoms with Gasteiger partial charge in [-0.3, -0.25) is 0 Å². The van der Waals surface area contributed by atoms with Crippen LogP contribution in [0.2, 0.25) is 0 Å². The number of nitrogens with two attached hydrogens (primary N) is 1. The Bertz CT molecular complexity index is 78.0. The van der Waals surface area contributed by atoms with Crippen LogP contribution in [0.5, 0.6) is 0 Å². The molecule has 0 rings (SSSR count). The first-order valence-corrected chi connectivity index (χ1v) is 6.90. The van der Waals surface area contributed by atoms with E-state index in [1.54, 1.807) is 0 Å². The summed E-state index contributed by atoms with van der Waals surface area (Å²) in [5, 5.41) is 0. The van der Waals surface area contributed by atoms with Crippen LogP contribution in [-0.2, 0) is 0 Å². The summed E-state index contributed by atoms with van der Waals surface area (Å²) < 4.78 is 0.934. The van der Waals surface area contributed by atoms with Gasteiger partial charge in [-0.15, -0.1) is 0 Å². The van der Waals surface area contributed by atoms with Gasteiger partial charge in [0.25, 0.3) is 0 Å². The Morgan fingerprint density at radius 1 is 1.50 bits per heavy atom. The van der Waals surface area contributed by atoms with E-state index in [9.17, 15) is 0 Å². The number of rotatable bonds is 5. The summed E-state index contributed by atoms with van der Waals surface area (Å²) >= 11 is 3.38. The predicted octanol–water partition coefficient (Wildman–Crippen LogP) is 1.09. The molecule has 0 spiro atoms. The van der Waals surface area contributed by atoms with Gasteiger partial charge in [-0.2, -0.15) is 0 Å². The first-order valence-electron chi connectivity index (χ1n) is 3.70. The Hall–Kier alpha value is 1.11. The molecule has 2 radical (unpaired) electrons. The minimum atomic E-state index is 0.398. The molecule has 2 atom stereocenters. The van der Waals surface area contributed by atoms with Gasteiger partial charge in [0.1, 0.15) is 0 Å². The van der Waals surface area contributed by atoms with Crippen molar-refractivity contribution < 1.29 is 0 Å². The van der Waals surface area contributed by atoms with Crippen LogP contribution in [0.4, 0.5) is 0 Å². The van der Waals surface area contributed by atoms with Gasteiger partial charge in [0.15, 0.2) is 0 Å². The fourth-order valence-electron chi connectivity index (χ4n) is 0.759. The average molecular weight is 266 g/mol. The SMILES string of the molecule is CS[CH]([SnH])CCCC(C)N. The number of hydrogen-bond donors (Lipinski definition) is 1. The van der Waals surface area contributed by atoms with E-state index in [2.05, 4.69) is 13.2 Å². The molecule has 1 nitrogen and oxygen atoms in total. The Kier molecular flexibility index (Phi) is 7.55. The third-order valence-electron chi connectivity index (χ3n) is 1.45. The molecule has 0 amide bonds. The van der Waals surface area contributed by atoms with Gasteiger partial charge in [0, 0.05) is 0 Å². The van der Waals surface area contributed by atoms with E-state index in [4.69, 9.17) is 5.73 Å². The van der Waals surface area contributed by atoms with E-state index in [1.165, 1.54) is 41.8 Å². The van der Waals surface area contributed by atoms with Crippen LogP contribution in [0.1, 0.15) is 26.2 Å². The molecule has 0 aliphatic heterocycles. The molecule has 0 aromatic heterocycles. The van der Waals surface area contributed by atoms with Crippen molar-refractivity contribution in [2.24, 2.45) is 5.73 Å². The second kappa shape index (κ2) is 6.80. The molecule has 0 saturated heterocycles. The fourth-order valence-corrected chi connectivity index (χ4v) is 1.83. The summed E-state index contributed by atoms with van der Waals surface area (Å²) in [6.07, 6.45) is 6.06. The molecular weight excluding hydrogens is 249 g/mol. The monoisotopic (exact) mass is 267 g/mol. The summed E-state index contributed by atoms with van der Waals surface area (Å²) in [4.78, 5) is 0. The van der Waals surface area contributed by atoms with Gasteiger partial charge in [-0.25, -0.2) is 0 Å². The van der Waals surface area contributed by atoms with E-state index in [0.717, 1.165) is 3.27 Å². The first kappa shape index (κ1) is 11.1. The second-order valence-corrected chi connectivity index (χ2v) is 7.44. The minimum absolute atomic E-state index is 0.398.